The first-order chi connectivity index (χ1) is 31.3. The third kappa shape index (κ3) is 6.77. The summed E-state index contributed by atoms with van der Waals surface area (Å²) in [6, 6.07) is 86.7. The summed E-state index contributed by atoms with van der Waals surface area (Å²) in [6.07, 6.45) is 8.73. The Hall–Kier alpha value is -7.94. The summed E-state index contributed by atoms with van der Waals surface area (Å²) in [5.41, 5.74) is 18.6. The highest BCUT2D eigenvalue weighted by Gasteiger charge is 2.48. The lowest BCUT2D eigenvalue weighted by Crippen LogP contribution is -2.29. The summed E-state index contributed by atoms with van der Waals surface area (Å²) in [5.74, 6) is 0. The highest BCUT2D eigenvalue weighted by molar-refractivity contribution is 5.98. The number of nitrogens with zero attached hydrogens (tertiary/aromatic N) is 2. The van der Waals surface area contributed by atoms with Crippen molar-refractivity contribution in [3.8, 4) is 33.4 Å². The van der Waals surface area contributed by atoms with E-state index in [9.17, 15) is 0 Å². The fraction of sp³-hybridized carbons (Fsp3) is 0.0492. The maximum atomic E-state index is 2.49. The maximum Gasteiger partial charge on any atom is 0.0715 e. The average molecular weight is 807 g/mol. The van der Waals surface area contributed by atoms with Crippen molar-refractivity contribution in [1.82, 2.24) is 0 Å². The molecule has 0 fully saturated rings. The van der Waals surface area contributed by atoms with Crippen LogP contribution in [0, 0.1) is 0 Å². The zero-order chi connectivity index (χ0) is 42.0. The van der Waals surface area contributed by atoms with Crippen molar-refractivity contribution in [2.24, 2.45) is 0 Å². The molecule has 0 aromatic heterocycles. The molecule has 2 nitrogen and oxygen atoms in total. The van der Waals surface area contributed by atoms with Gasteiger partial charge in [0.25, 0.3) is 0 Å². The van der Waals surface area contributed by atoms with Crippen molar-refractivity contribution in [3.05, 3.63) is 283 Å². The second-order valence-electron chi connectivity index (χ2n) is 16.4. The van der Waals surface area contributed by atoms with E-state index in [0.717, 1.165) is 41.3 Å². The molecule has 2 aliphatic carbocycles. The molecule has 63 heavy (non-hydrogen) atoms. The quantitative estimate of drug-likeness (QED) is 0.136. The molecule has 0 amide bonds. The Morgan fingerprint density at radius 1 is 0.365 bits per heavy atom. The summed E-state index contributed by atoms with van der Waals surface area (Å²) in [7, 11) is 0. The predicted octanol–water partition coefficient (Wildman–Crippen LogP) is 16.2. The van der Waals surface area contributed by atoms with Crippen LogP contribution >= 0.6 is 0 Å². The summed E-state index contributed by atoms with van der Waals surface area (Å²) in [4.78, 5) is 4.92. The Kier molecular flexibility index (Phi) is 9.95. The molecule has 0 N–H and O–H groups in total. The highest BCUT2D eigenvalue weighted by atomic mass is 15.2. The van der Waals surface area contributed by atoms with Gasteiger partial charge in [0.05, 0.1) is 11.1 Å². The average Bonchev–Trinajstić information content (AvgIpc) is 3.67. The van der Waals surface area contributed by atoms with E-state index in [2.05, 4.69) is 265 Å². The van der Waals surface area contributed by atoms with Gasteiger partial charge < -0.3 is 9.80 Å². The third-order valence-electron chi connectivity index (χ3n) is 12.8. The molecule has 9 aromatic carbocycles. The van der Waals surface area contributed by atoms with Crippen LogP contribution in [0.2, 0.25) is 0 Å². The number of rotatable bonds is 10. The van der Waals surface area contributed by atoms with Gasteiger partial charge in [-0.15, -0.1) is 0 Å². The summed E-state index contributed by atoms with van der Waals surface area (Å²) in [6.45, 7) is 0. The molecule has 0 bridgehead atoms. The number of para-hydroxylation sites is 1. The molecule has 300 valence electrons. The van der Waals surface area contributed by atoms with E-state index in [0.29, 0.717) is 0 Å². The Balaban J connectivity index is 1.15. The number of fused-ring (bicyclic) bond motifs is 3. The molecule has 0 saturated carbocycles. The topological polar surface area (TPSA) is 6.48 Å². The minimum Gasteiger partial charge on any atom is -0.314 e. The molecule has 2 aliphatic rings. The van der Waals surface area contributed by atoms with Gasteiger partial charge in [-0.1, -0.05) is 194 Å². The standard InChI is InChI=1S/C61H46N2/c1-7-20-45(21-8-1)47-34-38-53(39-35-47)62(51-28-15-5-16-29-51)55-42-43-56-58(44-55)61(49-24-11-3-12-25-49,50-26-13-4-14-27-50)57-32-19-33-59(60(56)57)63(52-30-17-6-18-31-52)54-40-36-48(37-41-54)46-22-9-2-10-23-46/h1-15,17-28,30-44H,16,29H2. The van der Waals surface area contributed by atoms with Crippen molar-refractivity contribution >= 4 is 28.4 Å². The van der Waals surface area contributed by atoms with Crippen molar-refractivity contribution in [3.63, 3.8) is 0 Å². The number of anilines is 5. The Morgan fingerprint density at radius 3 is 1.38 bits per heavy atom. The molecule has 0 saturated heterocycles. The van der Waals surface area contributed by atoms with Gasteiger partial charge in [-0.25, -0.2) is 0 Å². The smallest absolute Gasteiger partial charge is 0.0715 e. The first-order valence-electron chi connectivity index (χ1n) is 22.0. The van der Waals surface area contributed by atoms with Gasteiger partial charge in [0.2, 0.25) is 0 Å². The van der Waals surface area contributed by atoms with E-state index in [1.54, 1.807) is 0 Å². The Labute approximate surface area is 371 Å². The van der Waals surface area contributed by atoms with Gasteiger partial charge in [-0.3, -0.25) is 0 Å². The lowest BCUT2D eigenvalue weighted by molar-refractivity contribution is 0.768. The van der Waals surface area contributed by atoms with Gasteiger partial charge >= 0.3 is 0 Å². The van der Waals surface area contributed by atoms with E-state index in [-0.39, 0.29) is 0 Å². The SMILES string of the molecule is C1=CCCC(N(c2ccc(-c3ccccc3)cc2)c2ccc3c(c2)C(c2ccccc2)(c2ccccc2)c2cccc(N(c4ccccc4)c4ccc(-c5ccccc5)cc4)c2-3)=C1. The molecule has 0 radical (unpaired) electrons. The van der Waals surface area contributed by atoms with Crippen LogP contribution in [0.5, 0.6) is 0 Å². The van der Waals surface area contributed by atoms with Crippen LogP contribution in [0.4, 0.5) is 28.4 Å². The zero-order valence-corrected chi connectivity index (χ0v) is 35.1. The van der Waals surface area contributed by atoms with Crippen LogP contribution in [-0.4, -0.2) is 0 Å². The lowest BCUT2D eigenvalue weighted by Gasteiger charge is -2.35. The maximum absolute atomic E-state index is 2.49. The Bertz CT molecular complexity index is 3020. The first kappa shape index (κ1) is 38.0. The largest absolute Gasteiger partial charge is 0.314 e. The van der Waals surface area contributed by atoms with Crippen molar-refractivity contribution in [2.45, 2.75) is 18.3 Å². The van der Waals surface area contributed by atoms with Crippen LogP contribution in [0.25, 0.3) is 33.4 Å². The minimum atomic E-state index is -0.609. The predicted molar refractivity (Wildman–Crippen MR) is 264 cm³/mol. The van der Waals surface area contributed by atoms with Gasteiger partial charge in [0.1, 0.15) is 0 Å². The van der Waals surface area contributed by atoms with E-state index >= 15 is 0 Å². The van der Waals surface area contributed by atoms with Gasteiger partial charge in [-0.05, 0) is 124 Å². The molecule has 0 spiro atoms. The second kappa shape index (κ2) is 16.5. The van der Waals surface area contributed by atoms with Gasteiger partial charge in [0.15, 0.2) is 0 Å². The fourth-order valence-corrected chi connectivity index (χ4v) is 9.96. The Morgan fingerprint density at radius 2 is 0.841 bits per heavy atom. The van der Waals surface area contributed by atoms with E-state index < -0.39 is 5.41 Å². The van der Waals surface area contributed by atoms with E-state index in [1.807, 2.05) is 0 Å². The molecular weight excluding hydrogens is 761 g/mol. The van der Waals surface area contributed by atoms with Crippen molar-refractivity contribution in [2.75, 3.05) is 9.80 Å². The molecular formula is C61H46N2. The van der Waals surface area contributed by atoms with Crippen molar-refractivity contribution < 1.29 is 0 Å². The monoisotopic (exact) mass is 806 g/mol. The normalized spacial score (nSPS) is 13.4. The lowest BCUT2D eigenvalue weighted by atomic mass is 9.67. The molecule has 0 unspecified atom stereocenters. The number of hydrogen-bond donors (Lipinski definition) is 0. The van der Waals surface area contributed by atoms with Crippen LogP contribution in [0.3, 0.4) is 0 Å². The van der Waals surface area contributed by atoms with Crippen LogP contribution < -0.4 is 9.80 Å². The molecule has 0 aliphatic heterocycles. The van der Waals surface area contributed by atoms with Crippen LogP contribution in [-0.2, 0) is 5.41 Å². The van der Waals surface area contributed by atoms with Gasteiger partial charge in [-0.2, -0.15) is 0 Å². The summed E-state index contributed by atoms with van der Waals surface area (Å²) >= 11 is 0. The highest BCUT2D eigenvalue weighted by Crippen LogP contribution is 2.60. The number of hydrogen-bond acceptors (Lipinski definition) is 2. The third-order valence-corrected chi connectivity index (χ3v) is 12.8. The van der Waals surface area contributed by atoms with E-state index in [4.69, 9.17) is 0 Å². The molecule has 11 rings (SSSR count). The second-order valence-corrected chi connectivity index (χ2v) is 16.4. The fourth-order valence-electron chi connectivity index (χ4n) is 9.96. The summed E-state index contributed by atoms with van der Waals surface area (Å²) < 4.78 is 0. The zero-order valence-electron chi connectivity index (χ0n) is 35.1. The molecule has 0 heterocycles. The molecule has 0 atom stereocenters. The number of benzene rings is 9. The van der Waals surface area contributed by atoms with Crippen LogP contribution in [0.1, 0.15) is 35.1 Å². The van der Waals surface area contributed by atoms with E-state index in [1.165, 1.54) is 61.3 Å². The molecule has 9 aromatic rings. The minimum absolute atomic E-state index is 0.609. The van der Waals surface area contributed by atoms with Crippen LogP contribution in [0.15, 0.2) is 261 Å². The molecule has 2 heteroatoms. The number of allylic oxidation sites excluding steroid dienone is 4. The summed E-state index contributed by atoms with van der Waals surface area (Å²) in [5, 5.41) is 0. The van der Waals surface area contributed by atoms with Gasteiger partial charge in [0, 0.05) is 34.0 Å². The first-order valence-corrected chi connectivity index (χ1v) is 22.0. The van der Waals surface area contributed by atoms with Crippen molar-refractivity contribution in [1.29, 1.82) is 0 Å².